The number of amides is 1. The summed E-state index contributed by atoms with van der Waals surface area (Å²) in [6, 6.07) is 8.89. The molecule has 0 heterocycles. The van der Waals surface area contributed by atoms with E-state index in [1.165, 1.54) is 0 Å². The van der Waals surface area contributed by atoms with Gasteiger partial charge >= 0.3 is 0 Å². The van der Waals surface area contributed by atoms with Crippen molar-refractivity contribution in [3.05, 3.63) is 29.8 Å². The van der Waals surface area contributed by atoms with Crippen molar-refractivity contribution in [2.45, 2.75) is 18.9 Å². The van der Waals surface area contributed by atoms with Crippen molar-refractivity contribution in [1.82, 2.24) is 5.32 Å². The molecule has 4 N–H and O–H groups in total. The van der Waals surface area contributed by atoms with Gasteiger partial charge in [0.25, 0.3) is 0 Å². The first kappa shape index (κ1) is 16.0. The predicted molar refractivity (Wildman–Crippen MR) is 74.0 cm³/mol. The van der Waals surface area contributed by atoms with E-state index in [0.29, 0.717) is 37.2 Å². The van der Waals surface area contributed by atoms with Gasteiger partial charge in [-0.05, 0) is 25.1 Å². The molecule has 108 valence electrons. The molecule has 0 radical (unpaired) electrons. The van der Waals surface area contributed by atoms with Gasteiger partial charge in [-0.3, -0.25) is 4.79 Å². The van der Waals surface area contributed by atoms with Crippen LogP contribution in [-0.2, 0) is 4.79 Å². The lowest BCUT2D eigenvalue weighted by Crippen LogP contribution is -2.32. The van der Waals surface area contributed by atoms with Crippen LogP contribution in [0.25, 0.3) is 0 Å². The summed E-state index contributed by atoms with van der Waals surface area (Å²) in [5, 5.41) is 21.6. The first-order chi connectivity index (χ1) is 9.63. The number of carbonyl (C=O) groups is 1. The third-order valence-corrected chi connectivity index (χ3v) is 2.60. The Bertz CT molecular complexity index is 471. The minimum absolute atomic E-state index is 0.0987. The van der Waals surface area contributed by atoms with Gasteiger partial charge < -0.3 is 20.9 Å². The van der Waals surface area contributed by atoms with E-state index in [-0.39, 0.29) is 12.5 Å². The average Bonchev–Trinajstić information content (AvgIpc) is 2.44. The van der Waals surface area contributed by atoms with Crippen LogP contribution in [0.4, 0.5) is 0 Å². The van der Waals surface area contributed by atoms with Crippen molar-refractivity contribution in [1.29, 1.82) is 5.26 Å². The van der Waals surface area contributed by atoms with Crippen LogP contribution >= 0.6 is 0 Å². The number of ether oxygens (including phenoxy) is 1. The van der Waals surface area contributed by atoms with Gasteiger partial charge in [0, 0.05) is 13.0 Å². The molecule has 20 heavy (non-hydrogen) atoms. The molecule has 0 aromatic heterocycles. The van der Waals surface area contributed by atoms with Crippen molar-refractivity contribution in [2.75, 3.05) is 19.7 Å². The molecule has 0 aliphatic carbocycles. The molecule has 0 aliphatic heterocycles. The van der Waals surface area contributed by atoms with E-state index in [0.717, 1.165) is 0 Å². The van der Waals surface area contributed by atoms with Crippen molar-refractivity contribution >= 4 is 5.91 Å². The second kappa shape index (κ2) is 8.91. The fraction of sp³-hybridized carbons (Fsp3) is 0.429. The first-order valence-electron chi connectivity index (χ1n) is 6.42. The number of hydrogen-bond donors (Lipinski definition) is 3. The van der Waals surface area contributed by atoms with E-state index in [1.807, 2.05) is 6.07 Å². The molecule has 6 heteroatoms. The molecule has 1 rings (SSSR count). The molecule has 0 saturated heterocycles. The molecule has 1 aromatic carbocycles. The van der Waals surface area contributed by atoms with E-state index in [9.17, 15) is 9.90 Å². The molecule has 0 spiro atoms. The molecule has 1 unspecified atom stereocenters. The Kier molecular flexibility index (Phi) is 7.11. The summed E-state index contributed by atoms with van der Waals surface area (Å²) in [4.78, 5) is 10.5. The average molecular weight is 277 g/mol. The summed E-state index contributed by atoms with van der Waals surface area (Å²) in [7, 11) is 0. The molecule has 1 amide bonds. The Morgan fingerprint density at radius 2 is 2.25 bits per heavy atom. The Balaban J connectivity index is 2.21. The van der Waals surface area contributed by atoms with E-state index in [1.54, 1.807) is 24.3 Å². The van der Waals surface area contributed by atoms with Crippen LogP contribution in [0, 0.1) is 11.3 Å². The van der Waals surface area contributed by atoms with E-state index >= 15 is 0 Å². The van der Waals surface area contributed by atoms with Crippen LogP contribution < -0.4 is 15.8 Å². The lowest BCUT2D eigenvalue weighted by atomic mass is 10.2. The smallest absolute Gasteiger partial charge is 0.217 e. The highest BCUT2D eigenvalue weighted by molar-refractivity contribution is 5.73. The maximum Gasteiger partial charge on any atom is 0.217 e. The van der Waals surface area contributed by atoms with Crippen LogP contribution in [0.2, 0.25) is 0 Å². The maximum atomic E-state index is 10.5. The van der Waals surface area contributed by atoms with Gasteiger partial charge in [-0.2, -0.15) is 5.26 Å². The van der Waals surface area contributed by atoms with E-state index < -0.39 is 6.10 Å². The zero-order valence-corrected chi connectivity index (χ0v) is 11.2. The lowest BCUT2D eigenvalue weighted by Gasteiger charge is -2.13. The van der Waals surface area contributed by atoms with E-state index in [2.05, 4.69) is 5.32 Å². The van der Waals surface area contributed by atoms with Crippen LogP contribution in [-0.4, -0.2) is 36.8 Å². The SMILES string of the molecule is N#Cc1ccccc1OCC(O)CNCCCC(N)=O. The van der Waals surface area contributed by atoms with Gasteiger partial charge in [0.05, 0.1) is 5.56 Å². The topological polar surface area (TPSA) is 108 Å². The number of nitriles is 1. The highest BCUT2D eigenvalue weighted by Crippen LogP contribution is 2.16. The van der Waals surface area contributed by atoms with Gasteiger partial charge in [-0.15, -0.1) is 0 Å². The Labute approximate surface area is 118 Å². The Hall–Kier alpha value is -2.10. The maximum absolute atomic E-state index is 10.5. The normalized spacial score (nSPS) is 11.6. The fourth-order valence-corrected chi connectivity index (χ4v) is 1.59. The van der Waals surface area contributed by atoms with Gasteiger partial charge in [0.2, 0.25) is 5.91 Å². The number of nitrogens with one attached hydrogen (secondary N) is 1. The molecule has 1 aromatic rings. The molecule has 6 nitrogen and oxygen atoms in total. The Morgan fingerprint density at radius 3 is 2.95 bits per heavy atom. The quantitative estimate of drug-likeness (QED) is 0.557. The van der Waals surface area contributed by atoms with Gasteiger partial charge in [0.1, 0.15) is 24.5 Å². The van der Waals surface area contributed by atoms with Crippen molar-refractivity contribution in [2.24, 2.45) is 5.73 Å². The number of para-hydroxylation sites is 1. The van der Waals surface area contributed by atoms with Gasteiger partial charge in [-0.25, -0.2) is 0 Å². The fourth-order valence-electron chi connectivity index (χ4n) is 1.59. The number of carbonyl (C=O) groups excluding carboxylic acids is 1. The van der Waals surface area contributed by atoms with Gasteiger partial charge in [-0.1, -0.05) is 12.1 Å². The third kappa shape index (κ3) is 6.18. The highest BCUT2D eigenvalue weighted by Gasteiger charge is 2.07. The monoisotopic (exact) mass is 277 g/mol. The third-order valence-electron chi connectivity index (χ3n) is 2.60. The number of benzene rings is 1. The zero-order chi connectivity index (χ0) is 14.8. The molecular weight excluding hydrogens is 258 g/mol. The number of rotatable bonds is 9. The summed E-state index contributed by atoms with van der Waals surface area (Å²) in [5.41, 5.74) is 5.45. The number of nitrogens with zero attached hydrogens (tertiary/aromatic N) is 1. The largest absolute Gasteiger partial charge is 0.489 e. The minimum atomic E-state index is -0.685. The molecule has 0 bridgehead atoms. The predicted octanol–water partition coefficient (Wildman–Crippen LogP) is 0.153. The standard InChI is InChI=1S/C14H19N3O3/c15-8-11-4-1-2-5-13(11)20-10-12(18)9-17-7-3-6-14(16)19/h1-2,4-5,12,17-18H,3,6-7,9-10H2,(H2,16,19). The highest BCUT2D eigenvalue weighted by atomic mass is 16.5. The molecule has 0 fully saturated rings. The molecule has 0 aliphatic rings. The molecular formula is C14H19N3O3. The van der Waals surface area contributed by atoms with Crippen molar-refractivity contribution < 1.29 is 14.6 Å². The molecule has 1 atom stereocenters. The summed E-state index contributed by atoms with van der Waals surface area (Å²) in [6.45, 7) is 1.06. The van der Waals surface area contributed by atoms with Crippen LogP contribution in [0.15, 0.2) is 24.3 Å². The number of primary amides is 1. The van der Waals surface area contributed by atoms with Gasteiger partial charge in [0.15, 0.2) is 0 Å². The molecule has 0 saturated carbocycles. The number of hydrogen-bond acceptors (Lipinski definition) is 5. The van der Waals surface area contributed by atoms with Crippen LogP contribution in [0.5, 0.6) is 5.75 Å². The van der Waals surface area contributed by atoms with Crippen LogP contribution in [0.3, 0.4) is 0 Å². The van der Waals surface area contributed by atoms with Crippen molar-refractivity contribution in [3.63, 3.8) is 0 Å². The first-order valence-corrected chi connectivity index (χ1v) is 6.42. The van der Waals surface area contributed by atoms with Crippen LogP contribution in [0.1, 0.15) is 18.4 Å². The zero-order valence-electron chi connectivity index (χ0n) is 11.2. The minimum Gasteiger partial charge on any atom is -0.489 e. The number of aliphatic hydroxyl groups is 1. The number of aliphatic hydroxyl groups excluding tert-OH is 1. The second-order valence-corrected chi connectivity index (χ2v) is 4.35. The second-order valence-electron chi connectivity index (χ2n) is 4.35. The number of nitrogens with two attached hydrogens (primary N) is 1. The Morgan fingerprint density at radius 1 is 1.50 bits per heavy atom. The summed E-state index contributed by atoms with van der Waals surface area (Å²) in [6.07, 6.45) is 0.283. The summed E-state index contributed by atoms with van der Waals surface area (Å²) >= 11 is 0. The summed E-state index contributed by atoms with van der Waals surface area (Å²) < 4.78 is 5.40. The van der Waals surface area contributed by atoms with E-state index in [4.69, 9.17) is 15.7 Å². The summed E-state index contributed by atoms with van der Waals surface area (Å²) in [5.74, 6) is 0.131. The van der Waals surface area contributed by atoms with Crippen molar-refractivity contribution in [3.8, 4) is 11.8 Å². The lowest BCUT2D eigenvalue weighted by molar-refractivity contribution is -0.118.